The van der Waals surface area contributed by atoms with Crippen LogP contribution in [-0.4, -0.2) is 35.1 Å². The van der Waals surface area contributed by atoms with Crippen LogP contribution < -0.4 is 19.5 Å². The number of amides is 1. The smallest absolute Gasteiger partial charge is 0.241 e. The molecule has 0 fully saturated rings. The largest absolute Gasteiger partial charge is 0.493 e. The number of ether oxygens (including phenoxy) is 2. The van der Waals surface area contributed by atoms with Crippen molar-refractivity contribution in [3.8, 4) is 11.5 Å². The lowest BCUT2D eigenvalue weighted by Crippen LogP contribution is -2.33. The average Bonchev–Trinajstić information content (AvgIpc) is 2.63. The normalized spacial score (nSPS) is 11.1. The Hall–Kier alpha value is -2.29. The van der Waals surface area contributed by atoms with E-state index in [0.29, 0.717) is 22.0 Å². The quantitative estimate of drug-likeness (QED) is 0.747. The molecule has 0 unspecified atom stereocenters. The van der Waals surface area contributed by atoms with Crippen molar-refractivity contribution in [2.45, 2.75) is 11.8 Å². The summed E-state index contributed by atoms with van der Waals surface area (Å²) in [5.74, 6) is 0.162. The van der Waals surface area contributed by atoms with Gasteiger partial charge in [-0.3, -0.25) is 4.79 Å². The Kier molecular flexibility index (Phi) is 6.47. The van der Waals surface area contributed by atoms with Gasteiger partial charge in [0.05, 0.1) is 25.7 Å². The molecule has 0 saturated heterocycles. The molecule has 0 aliphatic carbocycles. The number of carbonyl (C=O) groups excluding carboxylic acids is 1. The maximum atomic E-state index is 12.4. The monoisotopic (exact) mass is 398 g/mol. The van der Waals surface area contributed by atoms with E-state index in [0.717, 1.165) is 0 Å². The SMILES string of the molecule is COc1ccc(S(=O)(=O)NCC(=O)Nc2cccc(Cl)c2C)cc1OC. The number of carbonyl (C=O) groups is 1. The standard InChI is InChI=1S/C17H19ClN2O5S/c1-11-13(18)5-4-6-14(11)20-17(21)10-19-26(22,23)12-7-8-15(24-2)16(9-12)25-3/h4-9,19H,10H2,1-3H3,(H,20,21). The third-order valence-electron chi connectivity index (χ3n) is 3.63. The minimum atomic E-state index is -3.90. The highest BCUT2D eigenvalue weighted by molar-refractivity contribution is 7.89. The fraction of sp³-hybridized carbons (Fsp3) is 0.235. The fourth-order valence-electron chi connectivity index (χ4n) is 2.16. The van der Waals surface area contributed by atoms with E-state index in [1.54, 1.807) is 25.1 Å². The minimum Gasteiger partial charge on any atom is -0.493 e. The first-order valence-electron chi connectivity index (χ1n) is 7.55. The summed E-state index contributed by atoms with van der Waals surface area (Å²) in [4.78, 5) is 12.0. The lowest BCUT2D eigenvalue weighted by atomic mass is 10.2. The molecule has 0 spiro atoms. The van der Waals surface area contributed by atoms with Crippen molar-refractivity contribution in [3.05, 3.63) is 47.0 Å². The van der Waals surface area contributed by atoms with Crippen molar-refractivity contribution in [1.29, 1.82) is 0 Å². The van der Waals surface area contributed by atoms with Crippen LogP contribution in [-0.2, 0) is 14.8 Å². The molecule has 0 aliphatic heterocycles. The van der Waals surface area contributed by atoms with Gasteiger partial charge in [-0.2, -0.15) is 0 Å². The van der Waals surface area contributed by atoms with Crippen molar-refractivity contribution >= 4 is 33.2 Å². The second-order valence-corrected chi connectivity index (χ2v) is 7.48. The van der Waals surface area contributed by atoms with Crippen LogP contribution in [0.4, 0.5) is 5.69 Å². The molecule has 140 valence electrons. The predicted molar refractivity (Wildman–Crippen MR) is 99.6 cm³/mol. The number of hydrogen-bond donors (Lipinski definition) is 2. The topological polar surface area (TPSA) is 93.7 Å². The summed E-state index contributed by atoms with van der Waals surface area (Å²) in [5, 5.41) is 3.13. The first kappa shape index (κ1) is 20.0. The maximum absolute atomic E-state index is 12.4. The molecule has 2 N–H and O–H groups in total. The van der Waals surface area contributed by atoms with Crippen LogP contribution in [0.3, 0.4) is 0 Å². The maximum Gasteiger partial charge on any atom is 0.241 e. The minimum absolute atomic E-state index is 0.0399. The van der Waals surface area contributed by atoms with Gasteiger partial charge in [0.25, 0.3) is 0 Å². The summed E-state index contributed by atoms with van der Waals surface area (Å²) < 4.78 is 37.2. The number of nitrogens with one attached hydrogen (secondary N) is 2. The van der Waals surface area contributed by atoms with Gasteiger partial charge in [0, 0.05) is 16.8 Å². The average molecular weight is 399 g/mol. The molecule has 7 nitrogen and oxygen atoms in total. The Morgan fingerprint density at radius 2 is 1.81 bits per heavy atom. The highest BCUT2D eigenvalue weighted by Crippen LogP contribution is 2.29. The Labute approximate surface area is 157 Å². The molecule has 0 aromatic heterocycles. The molecule has 1 amide bonds. The number of sulfonamides is 1. The first-order chi connectivity index (χ1) is 12.3. The number of hydrogen-bond acceptors (Lipinski definition) is 5. The summed E-state index contributed by atoms with van der Waals surface area (Å²) in [5.41, 5.74) is 1.22. The van der Waals surface area contributed by atoms with Gasteiger partial charge >= 0.3 is 0 Å². The number of methoxy groups -OCH3 is 2. The van der Waals surface area contributed by atoms with E-state index in [-0.39, 0.29) is 10.6 Å². The molecule has 0 radical (unpaired) electrons. The molecule has 0 bridgehead atoms. The lowest BCUT2D eigenvalue weighted by molar-refractivity contribution is -0.115. The second kappa shape index (κ2) is 8.39. The molecule has 0 aliphatic rings. The van der Waals surface area contributed by atoms with E-state index in [2.05, 4.69) is 10.0 Å². The summed E-state index contributed by atoms with van der Waals surface area (Å²) in [7, 11) is -1.04. The second-order valence-electron chi connectivity index (χ2n) is 5.30. The Morgan fingerprint density at radius 1 is 1.12 bits per heavy atom. The van der Waals surface area contributed by atoms with Crippen LogP contribution in [0.15, 0.2) is 41.3 Å². The Bertz CT molecular complexity index is 915. The van der Waals surface area contributed by atoms with Gasteiger partial charge in [0.2, 0.25) is 15.9 Å². The van der Waals surface area contributed by atoms with Gasteiger partial charge in [-0.25, -0.2) is 13.1 Å². The van der Waals surface area contributed by atoms with Crippen molar-refractivity contribution in [2.75, 3.05) is 26.1 Å². The summed E-state index contributed by atoms with van der Waals surface area (Å²) in [6, 6.07) is 9.23. The van der Waals surface area contributed by atoms with Gasteiger partial charge in [0.1, 0.15) is 0 Å². The van der Waals surface area contributed by atoms with Crippen molar-refractivity contribution in [1.82, 2.24) is 4.72 Å². The summed E-state index contributed by atoms with van der Waals surface area (Å²) >= 11 is 6.00. The van der Waals surface area contributed by atoms with Crippen LogP contribution >= 0.6 is 11.6 Å². The molecule has 26 heavy (non-hydrogen) atoms. The van der Waals surface area contributed by atoms with Gasteiger partial charge in [-0.15, -0.1) is 0 Å². The van der Waals surface area contributed by atoms with Crippen molar-refractivity contribution in [2.24, 2.45) is 0 Å². The molecule has 2 aromatic carbocycles. The molecular weight excluding hydrogens is 380 g/mol. The molecule has 0 atom stereocenters. The zero-order valence-corrected chi connectivity index (χ0v) is 16.1. The van der Waals surface area contributed by atoms with E-state index in [9.17, 15) is 13.2 Å². The molecule has 0 saturated carbocycles. The molecule has 2 aromatic rings. The number of halogens is 1. The van der Waals surface area contributed by atoms with Gasteiger partial charge in [0.15, 0.2) is 11.5 Å². The molecule has 0 heterocycles. The fourth-order valence-corrected chi connectivity index (χ4v) is 3.34. The van der Waals surface area contributed by atoms with E-state index in [1.165, 1.54) is 32.4 Å². The molecular formula is C17H19ClN2O5S. The summed E-state index contributed by atoms with van der Waals surface area (Å²) in [6.07, 6.45) is 0. The highest BCUT2D eigenvalue weighted by atomic mass is 35.5. The zero-order chi connectivity index (χ0) is 19.3. The third kappa shape index (κ3) is 4.66. The van der Waals surface area contributed by atoms with Gasteiger partial charge in [-0.1, -0.05) is 17.7 Å². The van der Waals surface area contributed by atoms with Crippen LogP contribution in [0.2, 0.25) is 5.02 Å². The van der Waals surface area contributed by atoms with Crippen LogP contribution in [0.5, 0.6) is 11.5 Å². The number of anilines is 1. The van der Waals surface area contributed by atoms with Crippen molar-refractivity contribution in [3.63, 3.8) is 0 Å². The predicted octanol–water partition coefficient (Wildman–Crippen LogP) is 2.58. The summed E-state index contributed by atoms with van der Waals surface area (Å²) in [6.45, 7) is 1.33. The van der Waals surface area contributed by atoms with Crippen LogP contribution in [0.1, 0.15) is 5.56 Å². The number of rotatable bonds is 7. The Balaban J connectivity index is 2.08. The van der Waals surface area contributed by atoms with Crippen LogP contribution in [0, 0.1) is 6.92 Å². The first-order valence-corrected chi connectivity index (χ1v) is 9.41. The van der Waals surface area contributed by atoms with E-state index < -0.39 is 22.5 Å². The lowest BCUT2D eigenvalue weighted by Gasteiger charge is -2.12. The van der Waals surface area contributed by atoms with Gasteiger partial charge in [-0.05, 0) is 36.8 Å². The van der Waals surface area contributed by atoms with E-state index in [4.69, 9.17) is 21.1 Å². The van der Waals surface area contributed by atoms with Crippen molar-refractivity contribution < 1.29 is 22.7 Å². The third-order valence-corrected chi connectivity index (χ3v) is 5.44. The van der Waals surface area contributed by atoms with Crippen LogP contribution in [0.25, 0.3) is 0 Å². The highest BCUT2D eigenvalue weighted by Gasteiger charge is 2.18. The van der Waals surface area contributed by atoms with E-state index >= 15 is 0 Å². The molecule has 9 heteroatoms. The zero-order valence-electron chi connectivity index (χ0n) is 14.5. The Morgan fingerprint density at radius 3 is 2.46 bits per heavy atom. The number of benzene rings is 2. The van der Waals surface area contributed by atoms with E-state index in [1.807, 2.05) is 0 Å². The molecule has 2 rings (SSSR count). The van der Waals surface area contributed by atoms with Gasteiger partial charge < -0.3 is 14.8 Å².